The number of benzene rings is 2. The third-order valence-corrected chi connectivity index (χ3v) is 6.99. The van der Waals surface area contributed by atoms with Crippen molar-refractivity contribution >= 4 is 21.6 Å². The lowest BCUT2D eigenvalue weighted by atomic mass is 10.1. The van der Waals surface area contributed by atoms with Gasteiger partial charge in [-0.15, -0.1) is 0 Å². The fourth-order valence-corrected chi connectivity index (χ4v) is 4.68. The average molecular weight is 460 g/mol. The molecule has 1 fully saturated rings. The van der Waals surface area contributed by atoms with E-state index in [0.717, 1.165) is 44.5 Å². The molecule has 0 unspecified atom stereocenters. The number of hydrogen-bond donors (Lipinski definition) is 2. The standard InChI is InChI=1S/C24H33N3O4S/c1-3-4-5-20-7-9-21(10-8-20)26-32(29,30)22-11-6-19(2)23(18-22)24(28)25-12-13-27-14-16-31-17-15-27/h6-11,18,26H,3-5,12-17H2,1-2H3,(H,25,28). The third kappa shape index (κ3) is 6.79. The van der Waals surface area contributed by atoms with E-state index >= 15 is 0 Å². The molecule has 2 aromatic rings. The second kappa shape index (κ2) is 11.4. The van der Waals surface area contributed by atoms with Crippen LogP contribution in [0, 0.1) is 6.92 Å². The van der Waals surface area contributed by atoms with Crippen molar-refractivity contribution in [3.63, 3.8) is 0 Å². The first-order valence-electron chi connectivity index (χ1n) is 11.2. The molecule has 174 valence electrons. The van der Waals surface area contributed by atoms with E-state index in [0.29, 0.717) is 31.0 Å². The van der Waals surface area contributed by atoms with Gasteiger partial charge in [-0.3, -0.25) is 14.4 Å². The summed E-state index contributed by atoms with van der Waals surface area (Å²) < 4.78 is 33.7. The van der Waals surface area contributed by atoms with Crippen molar-refractivity contribution in [2.45, 2.75) is 38.0 Å². The number of carbonyl (C=O) groups is 1. The van der Waals surface area contributed by atoms with Crippen molar-refractivity contribution in [2.75, 3.05) is 44.1 Å². The lowest BCUT2D eigenvalue weighted by molar-refractivity contribution is 0.0383. The molecule has 0 aromatic heterocycles. The van der Waals surface area contributed by atoms with Crippen molar-refractivity contribution in [3.05, 3.63) is 59.2 Å². The molecule has 2 aromatic carbocycles. The zero-order valence-corrected chi connectivity index (χ0v) is 19.7. The van der Waals surface area contributed by atoms with Crippen LogP contribution in [-0.4, -0.2) is 58.6 Å². The second-order valence-corrected chi connectivity index (χ2v) is 9.78. The van der Waals surface area contributed by atoms with Crippen LogP contribution in [0.4, 0.5) is 5.69 Å². The number of carbonyl (C=O) groups excluding carboxylic acids is 1. The van der Waals surface area contributed by atoms with Crippen LogP contribution in [0.5, 0.6) is 0 Å². The number of nitrogens with one attached hydrogen (secondary N) is 2. The molecule has 2 N–H and O–H groups in total. The minimum absolute atomic E-state index is 0.0662. The number of ether oxygens (including phenoxy) is 1. The van der Waals surface area contributed by atoms with E-state index in [1.54, 1.807) is 25.1 Å². The molecule has 1 amide bonds. The summed E-state index contributed by atoms with van der Waals surface area (Å²) in [6.45, 7) is 8.31. The van der Waals surface area contributed by atoms with Gasteiger partial charge >= 0.3 is 0 Å². The molecule has 8 heteroatoms. The van der Waals surface area contributed by atoms with E-state index in [1.165, 1.54) is 17.7 Å². The molecule has 32 heavy (non-hydrogen) atoms. The van der Waals surface area contributed by atoms with Crippen LogP contribution in [-0.2, 0) is 21.2 Å². The summed E-state index contributed by atoms with van der Waals surface area (Å²) in [6, 6.07) is 12.1. The van der Waals surface area contributed by atoms with Crippen molar-refractivity contribution in [1.29, 1.82) is 0 Å². The summed E-state index contributed by atoms with van der Waals surface area (Å²) in [6.07, 6.45) is 3.20. The zero-order valence-electron chi connectivity index (χ0n) is 18.9. The van der Waals surface area contributed by atoms with Gasteiger partial charge < -0.3 is 10.1 Å². The van der Waals surface area contributed by atoms with Gasteiger partial charge in [0.25, 0.3) is 15.9 Å². The van der Waals surface area contributed by atoms with Crippen LogP contribution >= 0.6 is 0 Å². The summed E-state index contributed by atoms with van der Waals surface area (Å²) in [5.41, 5.74) is 2.78. The molecule has 0 bridgehead atoms. The quantitative estimate of drug-likeness (QED) is 0.570. The summed E-state index contributed by atoms with van der Waals surface area (Å²) in [4.78, 5) is 15.0. The number of anilines is 1. The van der Waals surface area contributed by atoms with E-state index in [1.807, 2.05) is 12.1 Å². The number of unbranched alkanes of at least 4 members (excludes halogenated alkanes) is 1. The van der Waals surface area contributed by atoms with E-state index < -0.39 is 10.0 Å². The maximum absolute atomic E-state index is 12.9. The number of hydrogen-bond acceptors (Lipinski definition) is 5. The number of amides is 1. The Morgan fingerprint density at radius 1 is 1.09 bits per heavy atom. The summed E-state index contributed by atoms with van der Waals surface area (Å²) >= 11 is 0. The first kappa shape index (κ1) is 24.2. The van der Waals surface area contributed by atoms with Gasteiger partial charge in [-0.05, 0) is 55.2 Å². The Hall–Kier alpha value is -2.42. The lowest BCUT2D eigenvalue weighted by Crippen LogP contribution is -2.41. The number of rotatable bonds is 10. The van der Waals surface area contributed by atoms with E-state index in [9.17, 15) is 13.2 Å². The SMILES string of the molecule is CCCCc1ccc(NS(=O)(=O)c2ccc(C)c(C(=O)NCCN3CCOCC3)c2)cc1. The Balaban J connectivity index is 1.64. The van der Waals surface area contributed by atoms with Crippen molar-refractivity contribution in [1.82, 2.24) is 10.2 Å². The van der Waals surface area contributed by atoms with Crippen LogP contribution in [0.15, 0.2) is 47.4 Å². The largest absolute Gasteiger partial charge is 0.379 e. The molecule has 0 saturated carbocycles. The average Bonchev–Trinajstić information content (AvgIpc) is 2.79. The van der Waals surface area contributed by atoms with E-state index in [4.69, 9.17) is 4.74 Å². The topological polar surface area (TPSA) is 87.7 Å². The molecule has 1 heterocycles. The van der Waals surface area contributed by atoms with Gasteiger partial charge in [0.15, 0.2) is 0 Å². The van der Waals surface area contributed by atoms with E-state index in [-0.39, 0.29) is 10.8 Å². The van der Waals surface area contributed by atoms with E-state index in [2.05, 4.69) is 21.9 Å². The van der Waals surface area contributed by atoms with Gasteiger partial charge in [-0.25, -0.2) is 8.42 Å². The maximum Gasteiger partial charge on any atom is 0.261 e. The normalized spacial score (nSPS) is 14.8. The zero-order chi connectivity index (χ0) is 23.0. The first-order valence-corrected chi connectivity index (χ1v) is 12.7. The highest BCUT2D eigenvalue weighted by molar-refractivity contribution is 7.92. The fourth-order valence-electron chi connectivity index (χ4n) is 3.59. The Bertz CT molecular complexity index is 1000. The van der Waals surface area contributed by atoms with Gasteiger partial charge in [0, 0.05) is 37.4 Å². The van der Waals surface area contributed by atoms with Crippen LogP contribution in [0.2, 0.25) is 0 Å². The monoisotopic (exact) mass is 459 g/mol. The van der Waals surface area contributed by atoms with Crippen LogP contribution < -0.4 is 10.0 Å². The summed E-state index contributed by atoms with van der Waals surface area (Å²) in [7, 11) is -3.81. The molecule has 0 spiro atoms. The molecule has 1 aliphatic rings. The smallest absolute Gasteiger partial charge is 0.261 e. The van der Waals surface area contributed by atoms with Gasteiger partial charge in [0.05, 0.1) is 18.1 Å². The first-order chi connectivity index (χ1) is 15.4. The van der Waals surface area contributed by atoms with Crippen molar-refractivity contribution in [3.8, 4) is 0 Å². The number of morpholine rings is 1. The molecule has 1 aliphatic heterocycles. The molecule has 7 nitrogen and oxygen atoms in total. The minimum Gasteiger partial charge on any atom is -0.379 e. The van der Waals surface area contributed by atoms with Crippen LogP contribution in [0.25, 0.3) is 0 Å². The molecule has 0 atom stereocenters. The number of sulfonamides is 1. The second-order valence-electron chi connectivity index (χ2n) is 8.09. The predicted octanol–water partition coefficient (Wildman–Crippen LogP) is 3.20. The Labute approximate surface area is 191 Å². The Morgan fingerprint density at radius 3 is 2.50 bits per heavy atom. The molecule has 0 aliphatic carbocycles. The van der Waals surface area contributed by atoms with Gasteiger partial charge in [0.2, 0.25) is 0 Å². The summed E-state index contributed by atoms with van der Waals surface area (Å²) in [5.74, 6) is -0.270. The Kier molecular flexibility index (Phi) is 8.67. The lowest BCUT2D eigenvalue weighted by Gasteiger charge is -2.26. The highest BCUT2D eigenvalue weighted by atomic mass is 32.2. The molecule has 1 saturated heterocycles. The number of nitrogens with zero attached hydrogens (tertiary/aromatic N) is 1. The molecule has 3 rings (SSSR count). The summed E-state index contributed by atoms with van der Waals surface area (Å²) in [5, 5.41) is 2.90. The van der Waals surface area contributed by atoms with Crippen LogP contribution in [0.1, 0.15) is 41.3 Å². The molecule has 0 radical (unpaired) electrons. The maximum atomic E-state index is 12.9. The predicted molar refractivity (Wildman–Crippen MR) is 127 cm³/mol. The highest BCUT2D eigenvalue weighted by Crippen LogP contribution is 2.20. The molecular formula is C24H33N3O4S. The number of aryl methyl sites for hydroxylation is 2. The Morgan fingerprint density at radius 2 is 1.81 bits per heavy atom. The fraction of sp³-hybridized carbons (Fsp3) is 0.458. The van der Waals surface area contributed by atoms with Crippen LogP contribution in [0.3, 0.4) is 0 Å². The third-order valence-electron chi connectivity index (χ3n) is 5.61. The van der Waals surface area contributed by atoms with Gasteiger partial charge in [0.1, 0.15) is 0 Å². The van der Waals surface area contributed by atoms with Gasteiger partial charge in [-0.2, -0.15) is 0 Å². The van der Waals surface area contributed by atoms with Crippen molar-refractivity contribution < 1.29 is 17.9 Å². The van der Waals surface area contributed by atoms with Crippen molar-refractivity contribution in [2.24, 2.45) is 0 Å². The highest BCUT2D eigenvalue weighted by Gasteiger charge is 2.19. The minimum atomic E-state index is -3.81. The van der Waals surface area contributed by atoms with Gasteiger partial charge in [-0.1, -0.05) is 31.5 Å². The molecular weight excluding hydrogens is 426 g/mol.